The molecule has 10 heteroatoms. The highest BCUT2D eigenvalue weighted by molar-refractivity contribution is 5.79. The van der Waals surface area contributed by atoms with Crippen LogP contribution >= 0.6 is 0 Å². The SMILES string of the molecule is O=C(C1CCCN(Cn2c(=O)oc3ccc([N+](=O)[O-])cc32)C1)N1CCOCC1. The van der Waals surface area contributed by atoms with Crippen LogP contribution in [-0.2, 0) is 16.2 Å². The second-order valence-electron chi connectivity index (χ2n) is 7.20. The zero-order valence-corrected chi connectivity index (χ0v) is 15.4. The van der Waals surface area contributed by atoms with E-state index in [2.05, 4.69) is 0 Å². The number of fused-ring (bicyclic) bond motifs is 1. The molecule has 1 unspecified atom stereocenters. The number of carbonyl (C=O) groups excluding carboxylic acids is 1. The van der Waals surface area contributed by atoms with Gasteiger partial charge in [0.1, 0.15) is 0 Å². The first-order valence-corrected chi connectivity index (χ1v) is 9.39. The van der Waals surface area contributed by atoms with Gasteiger partial charge < -0.3 is 14.1 Å². The van der Waals surface area contributed by atoms with E-state index >= 15 is 0 Å². The molecule has 1 amide bonds. The van der Waals surface area contributed by atoms with Gasteiger partial charge in [0, 0.05) is 31.8 Å². The fourth-order valence-electron chi connectivity index (χ4n) is 3.93. The van der Waals surface area contributed by atoms with Gasteiger partial charge in [-0.3, -0.25) is 24.4 Å². The van der Waals surface area contributed by atoms with Gasteiger partial charge in [0.15, 0.2) is 5.58 Å². The van der Waals surface area contributed by atoms with Crippen molar-refractivity contribution >= 4 is 22.7 Å². The number of likely N-dealkylation sites (tertiary alicyclic amines) is 1. The molecule has 0 N–H and O–H groups in total. The third-order valence-electron chi connectivity index (χ3n) is 5.38. The molecule has 0 saturated carbocycles. The van der Waals surface area contributed by atoms with Crippen molar-refractivity contribution in [1.82, 2.24) is 14.4 Å². The summed E-state index contributed by atoms with van der Waals surface area (Å²) in [7, 11) is 0. The van der Waals surface area contributed by atoms with Gasteiger partial charge in [-0.1, -0.05) is 0 Å². The van der Waals surface area contributed by atoms with Crippen LogP contribution in [0.3, 0.4) is 0 Å². The first kappa shape index (κ1) is 18.6. The van der Waals surface area contributed by atoms with Gasteiger partial charge in [-0.2, -0.15) is 0 Å². The number of nitro groups is 1. The number of benzene rings is 1. The van der Waals surface area contributed by atoms with Crippen LogP contribution in [0, 0.1) is 16.0 Å². The molecule has 4 rings (SSSR count). The second kappa shape index (κ2) is 7.72. The lowest BCUT2D eigenvalue weighted by molar-refractivity contribution is -0.384. The molecule has 150 valence electrons. The molecular weight excluding hydrogens is 368 g/mol. The largest absolute Gasteiger partial charge is 0.421 e. The van der Waals surface area contributed by atoms with Crippen molar-refractivity contribution < 1.29 is 18.9 Å². The Hall–Kier alpha value is -2.72. The molecule has 0 radical (unpaired) electrons. The van der Waals surface area contributed by atoms with Crippen LogP contribution in [0.25, 0.3) is 11.1 Å². The van der Waals surface area contributed by atoms with Crippen LogP contribution in [0.2, 0.25) is 0 Å². The molecule has 3 heterocycles. The van der Waals surface area contributed by atoms with Crippen molar-refractivity contribution in [2.45, 2.75) is 19.5 Å². The van der Waals surface area contributed by atoms with Gasteiger partial charge >= 0.3 is 5.76 Å². The zero-order chi connectivity index (χ0) is 19.7. The molecule has 2 aliphatic heterocycles. The van der Waals surface area contributed by atoms with Crippen molar-refractivity contribution in [3.05, 3.63) is 38.9 Å². The number of hydrogen-bond donors (Lipinski definition) is 0. The van der Waals surface area contributed by atoms with Gasteiger partial charge in [0.2, 0.25) is 5.91 Å². The van der Waals surface area contributed by atoms with E-state index in [0.717, 1.165) is 19.4 Å². The van der Waals surface area contributed by atoms with E-state index in [1.165, 1.54) is 22.8 Å². The second-order valence-corrected chi connectivity index (χ2v) is 7.20. The highest BCUT2D eigenvalue weighted by Gasteiger charge is 2.30. The molecular formula is C18H22N4O6. The van der Waals surface area contributed by atoms with Crippen LogP contribution in [0.5, 0.6) is 0 Å². The number of carbonyl (C=O) groups is 1. The number of morpholine rings is 1. The van der Waals surface area contributed by atoms with E-state index in [1.807, 2.05) is 9.80 Å². The maximum Gasteiger partial charge on any atom is 0.421 e. The van der Waals surface area contributed by atoms with E-state index in [4.69, 9.17) is 9.15 Å². The Bertz CT molecular complexity index is 945. The average molecular weight is 390 g/mol. The Morgan fingerprint density at radius 2 is 2.04 bits per heavy atom. The maximum atomic E-state index is 12.8. The summed E-state index contributed by atoms with van der Waals surface area (Å²) < 4.78 is 11.9. The molecule has 2 saturated heterocycles. The Kier molecular flexibility index (Phi) is 5.14. The predicted molar refractivity (Wildman–Crippen MR) is 98.8 cm³/mol. The Balaban J connectivity index is 1.51. The zero-order valence-electron chi connectivity index (χ0n) is 15.4. The van der Waals surface area contributed by atoms with Gasteiger partial charge in [0.05, 0.1) is 36.2 Å². The minimum atomic E-state index is -0.558. The quantitative estimate of drug-likeness (QED) is 0.566. The minimum absolute atomic E-state index is 0.0962. The maximum absolute atomic E-state index is 12.8. The highest BCUT2D eigenvalue weighted by atomic mass is 16.6. The standard InChI is InChI=1S/C18H22N4O6/c23-17(20-6-8-27-9-7-20)13-2-1-5-19(11-13)12-21-15-10-14(22(25)26)3-4-16(15)28-18(21)24/h3-4,10,13H,1-2,5-9,11-12H2. The van der Waals surface area contributed by atoms with Crippen LogP contribution in [0.15, 0.2) is 27.4 Å². The fourth-order valence-corrected chi connectivity index (χ4v) is 3.93. The molecule has 0 aliphatic carbocycles. The Morgan fingerprint density at radius 3 is 2.79 bits per heavy atom. The minimum Gasteiger partial charge on any atom is -0.408 e. The van der Waals surface area contributed by atoms with Crippen molar-refractivity contribution in [3.63, 3.8) is 0 Å². The molecule has 28 heavy (non-hydrogen) atoms. The topological polar surface area (TPSA) is 111 Å². The molecule has 0 bridgehead atoms. The number of amides is 1. The smallest absolute Gasteiger partial charge is 0.408 e. The fraction of sp³-hybridized carbons (Fsp3) is 0.556. The van der Waals surface area contributed by atoms with Gasteiger partial charge in [-0.25, -0.2) is 4.79 Å². The number of piperidine rings is 1. The van der Waals surface area contributed by atoms with Crippen LogP contribution in [0.1, 0.15) is 12.8 Å². The summed E-state index contributed by atoms with van der Waals surface area (Å²) in [6.07, 6.45) is 1.67. The number of hydrogen-bond acceptors (Lipinski definition) is 7. The lowest BCUT2D eigenvalue weighted by atomic mass is 9.96. The number of nitrogens with zero attached hydrogens (tertiary/aromatic N) is 4. The lowest BCUT2D eigenvalue weighted by Gasteiger charge is -2.36. The number of oxazole rings is 1. The number of ether oxygens (including phenoxy) is 1. The number of aromatic nitrogens is 1. The summed E-state index contributed by atoms with van der Waals surface area (Å²) in [6.45, 7) is 3.90. The lowest BCUT2D eigenvalue weighted by Crippen LogP contribution is -2.48. The van der Waals surface area contributed by atoms with E-state index < -0.39 is 10.7 Å². The van der Waals surface area contributed by atoms with Crippen LogP contribution in [0.4, 0.5) is 5.69 Å². The monoisotopic (exact) mass is 390 g/mol. The number of nitro benzene ring substituents is 1. The summed E-state index contributed by atoms with van der Waals surface area (Å²) in [4.78, 5) is 39.5. The van der Waals surface area contributed by atoms with Crippen LogP contribution in [-0.4, -0.2) is 64.6 Å². The van der Waals surface area contributed by atoms with Gasteiger partial charge in [0.25, 0.3) is 5.69 Å². The first-order chi connectivity index (χ1) is 13.5. The van der Waals surface area contributed by atoms with E-state index in [9.17, 15) is 19.7 Å². The molecule has 1 atom stereocenters. The van der Waals surface area contributed by atoms with Crippen molar-refractivity contribution in [2.24, 2.45) is 5.92 Å². The van der Waals surface area contributed by atoms with Crippen molar-refractivity contribution in [1.29, 1.82) is 0 Å². The van der Waals surface area contributed by atoms with E-state index in [1.54, 1.807) is 0 Å². The third kappa shape index (κ3) is 3.65. The summed E-state index contributed by atoms with van der Waals surface area (Å²) in [5.74, 6) is -0.541. The average Bonchev–Trinajstić information content (AvgIpc) is 3.03. The molecule has 1 aromatic heterocycles. The molecule has 10 nitrogen and oxygen atoms in total. The van der Waals surface area contributed by atoms with Gasteiger partial charge in [-0.05, 0) is 25.5 Å². The molecule has 2 aromatic rings. The van der Waals surface area contributed by atoms with Crippen LogP contribution < -0.4 is 5.76 Å². The molecule has 0 spiro atoms. The predicted octanol–water partition coefficient (Wildman–Crippen LogP) is 1.03. The summed E-state index contributed by atoms with van der Waals surface area (Å²) >= 11 is 0. The van der Waals surface area contributed by atoms with E-state index in [0.29, 0.717) is 43.9 Å². The Labute approximate surface area is 160 Å². The Morgan fingerprint density at radius 1 is 1.25 bits per heavy atom. The highest BCUT2D eigenvalue weighted by Crippen LogP contribution is 2.23. The van der Waals surface area contributed by atoms with E-state index in [-0.39, 0.29) is 24.2 Å². The number of rotatable bonds is 4. The summed E-state index contributed by atoms with van der Waals surface area (Å²) in [6, 6.07) is 4.10. The normalized spacial score (nSPS) is 21.1. The van der Waals surface area contributed by atoms with Crippen molar-refractivity contribution in [3.8, 4) is 0 Å². The number of non-ortho nitro benzene ring substituents is 1. The first-order valence-electron chi connectivity index (χ1n) is 9.39. The third-order valence-corrected chi connectivity index (χ3v) is 5.38. The summed E-state index contributed by atoms with van der Waals surface area (Å²) in [5.41, 5.74) is 0.607. The molecule has 2 aliphatic rings. The van der Waals surface area contributed by atoms with Gasteiger partial charge in [-0.15, -0.1) is 0 Å². The molecule has 2 fully saturated rings. The summed E-state index contributed by atoms with van der Waals surface area (Å²) in [5, 5.41) is 11.0. The van der Waals surface area contributed by atoms with Crippen molar-refractivity contribution in [2.75, 3.05) is 39.4 Å². The molecule has 1 aromatic carbocycles.